The van der Waals surface area contributed by atoms with Gasteiger partial charge in [0.2, 0.25) is 5.95 Å². The second-order valence-electron chi connectivity index (χ2n) is 26.6. The van der Waals surface area contributed by atoms with Crippen LogP contribution in [0, 0.1) is 17.0 Å². The Kier molecular flexibility index (Phi) is 25.1. The van der Waals surface area contributed by atoms with Crippen LogP contribution in [0.4, 0.5) is 17.5 Å². The lowest BCUT2D eigenvalue weighted by Crippen LogP contribution is -2.11. The predicted octanol–water partition coefficient (Wildman–Crippen LogP) is 16.1. The number of aromatic nitrogens is 12. The number of aliphatic carboxylic acids is 3. The lowest BCUT2D eigenvalue weighted by Gasteiger charge is -2.22. The number of nitrogens with zero attached hydrogens (tertiary/aromatic N) is 13. The first-order chi connectivity index (χ1) is 50.1. The van der Waals surface area contributed by atoms with Crippen LogP contribution in [-0.2, 0) is 66.2 Å². The number of anilines is 2. The fraction of sp³-hybridized carbons (Fsp3) is 0.367. The molecule has 0 radical (unpaired) electrons. The van der Waals surface area contributed by atoms with Crippen LogP contribution in [0.25, 0.3) is 33.5 Å². The van der Waals surface area contributed by atoms with Crippen LogP contribution < -0.4 is 20.1 Å². The number of hydrogen-bond acceptors (Lipinski definition) is 18. The maximum absolute atomic E-state index is 11.3. The molecule has 0 aliphatic heterocycles. The number of carboxylic acid groups (broad SMARTS) is 3. The summed E-state index contributed by atoms with van der Waals surface area (Å²) in [6.45, 7) is 6.06. The minimum Gasteiger partial charge on any atom is -0.480 e. The number of benzene rings is 5. The van der Waals surface area contributed by atoms with Gasteiger partial charge in [0.15, 0.2) is 33.8 Å². The Bertz CT molecular complexity index is 4730. The molecule has 104 heavy (non-hydrogen) atoms. The molecule has 3 fully saturated rings. The van der Waals surface area contributed by atoms with Crippen molar-refractivity contribution in [3.63, 3.8) is 0 Å². The average molecular weight is 1410 g/mol. The quantitative estimate of drug-likeness (QED) is 0.0191. The van der Waals surface area contributed by atoms with Crippen LogP contribution in [-0.4, -0.2) is 103 Å². The topological polar surface area (TPSA) is 328 Å². The largest absolute Gasteiger partial charge is 0.480 e. The third-order valence-electron chi connectivity index (χ3n) is 19.1. The van der Waals surface area contributed by atoms with Crippen LogP contribution >= 0.6 is 0 Å². The number of carboxylic acids is 3. The molecule has 540 valence electrons. The van der Waals surface area contributed by atoms with Crippen molar-refractivity contribution in [2.24, 2.45) is 0 Å². The molecule has 25 nitrogen and oxygen atoms in total. The summed E-state index contributed by atoms with van der Waals surface area (Å²) in [7, 11) is 0. The van der Waals surface area contributed by atoms with E-state index in [1.807, 2.05) is 31.2 Å². The Morgan fingerprint density at radius 2 is 0.952 bits per heavy atom. The van der Waals surface area contributed by atoms with Crippen LogP contribution in [0.2, 0.25) is 0 Å². The minimum atomic E-state index is -1.03. The maximum atomic E-state index is 11.3. The van der Waals surface area contributed by atoms with Crippen LogP contribution in [0.5, 0.6) is 23.3 Å². The van der Waals surface area contributed by atoms with E-state index in [0.717, 1.165) is 23.1 Å². The maximum Gasteiger partial charge on any atom is 0.323 e. The number of nitro groups is 1. The van der Waals surface area contributed by atoms with Crippen molar-refractivity contribution in [3.05, 3.63) is 214 Å². The fourth-order valence-corrected chi connectivity index (χ4v) is 13.7. The molecule has 0 atom stereocenters. The predicted molar refractivity (Wildman–Crippen MR) is 398 cm³/mol. The van der Waals surface area contributed by atoms with Crippen molar-refractivity contribution in [2.45, 2.75) is 180 Å². The normalized spacial score (nSPS) is 14.1. The van der Waals surface area contributed by atoms with Gasteiger partial charge in [-0.05, 0) is 128 Å². The Morgan fingerprint density at radius 1 is 0.519 bits per heavy atom. The van der Waals surface area contributed by atoms with E-state index in [0.29, 0.717) is 107 Å². The number of nitro benzene ring substituents is 1. The van der Waals surface area contributed by atoms with Gasteiger partial charge in [-0.2, -0.15) is 15.0 Å². The number of fused-ring (bicyclic) bond motifs is 3. The summed E-state index contributed by atoms with van der Waals surface area (Å²) >= 11 is 0. The van der Waals surface area contributed by atoms with E-state index in [1.54, 1.807) is 16.7 Å². The molecule has 6 aromatic heterocycles. The molecule has 5 N–H and O–H groups in total. The first-order valence-corrected chi connectivity index (χ1v) is 35.5. The summed E-state index contributed by atoms with van der Waals surface area (Å²) in [5, 5.41) is 45.4. The van der Waals surface area contributed by atoms with Crippen molar-refractivity contribution in [1.29, 1.82) is 0 Å². The second-order valence-corrected chi connectivity index (χ2v) is 26.6. The van der Waals surface area contributed by atoms with Crippen molar-refractivity contribution in [3.8, 4) is 23.3 Å². The monoisotopic (exact) mass is 1410 g/mol. The van der Waals surface area contributed by atoms with Crippen molar-refractivity contribution in [1.82, 2.24) is 58.6 Å². The zero-order valence-electron chi connectivity index (χ0n) is 57.8. The van der Waals surface area contributed by atoms with Gasteiger partial charge in [0.25, 0.3) is 17.4 Å². The minimum absolute atomic E-state index is 0. The lowest BCUT2D eigenvalue weighted by molar-refractivity contribution is -0.384. The molecule has 5 aromatic carbocycles. The SMILES string of the molecule is C.C=CCNc1nc(CCc2ccc(C3CCCCC3)cc2)nc2c1ncn2CC(=O)O.Cc1ccc(Oc2nc(NCc3ccc(C4CCCCC4)cc3)nc3c2ncn3CC(=O)O)cc1.O=C(O)Cn1cnc2c(Oc3cccc([N+](=O)[O-])c3)nc(CCc3ccc(C4CCCCC4)cc3)nc21. The van der Waals surface area contributed by atoms with Gasteiger partial charge in [-0.1, -0.05) is 168 Å². The van der Waals surface area contributed by atoms with E-state index < -0.39 is 22.8 Å². The van der Waals surface area contributed by atoms with Crippen molar-refractivity contribution >= 4 is 68.9 Å². The third-order valence-corrected chi connectivity index (χ3v) is 19.1. The summed E-state index contributed by atoms with van der Waals surface area (Å²) in [5.74, 6) is 2.44. The highest BCUT2D eigenvalue weighted by Crippen LogP contribution is 2.37. The molecule has 0 amide bonds. The number of nitrogens with one attached hydrogen (secondary N) is 2. The summed E-state index contributed by atoms with van der Waals surface area (Å²) in [6.07, 6.45) is 28.4. The molecule has 0 bridgehead atoms. The number of imidazole rings is 3. The smallest absolute Gasteiger partial charge is 0.323 e. The van der Waals surface area contributed by atoms with E-state index >= 15 is 0 Å². The van der Waals surface area contributed by atoms with Crippen LogP contribution in [0.15, 0.2) is 153 Å². The summed E-state index contributed by atoms with van der Waals surface area (Å²) in [4.78, 5) is 84.9. The summed E-state index contributed by atoms with van der Waals surface area (Å²) in [6, 6.07) is 39.9. The third kappa shape index (κ3) is 19.6. The highest BCUT2D eigenvalue weighted by Gasteiger charge is 2.23. The molecule has 25 heteroatoms. The van der Waals surface area contributed by atoms with E-state index in [4.69, 9.17) is 9.47 Å². The number of carbonyl (C=O) groups is 3. The molecule has 6 heterocycles. The summed E-state index contributed by atoms with van der Waals surface area (Å²) < 4.78 is 16.4. The van der Waals surface area contributed by atoms with Crippen LogP contribution in [0.3, 0.4) is 0 Å². The van der Waals surface area contributed by atoms with Crippen LogP contribution in [0.1, 0.15) is 172 Å². The van der Waals surface area contributed by atoms with Gasteiger partial charge in [-0.3, -0.25) is 24.5 Å². The van der Waals surface area contributed by atoms with Gasteiger partial charge >= 0.3 is 17.9 Å². The molecule has 0 saturated heterocycles. The number of hydrogen-bond donors (Lipinski definition) is 5. The van der Waals surface area contributed by atoms with Gasteiger partial charge in [-0.15, -0.1) is 6.58 Å². The van der Waals surface area contributed by atoms with Crippen molar-refractivity contribution in [2.75, 3.05) is 17.2 Å². The van der Waals surface area contributed by atoms with Gasteiger partial charge in [0.05, 0.1) is 30.0 Å². The number of ether oxygens (including phenoxy) is 2. The van der Waals surface area contributed by atoms with E-state index in [9.17, 15) is 39.8 Å². The summed E-state index contributed by atoms with van der Waals surface area (Å²) in [5.41, 5.74) is 11.3. The van der Waals surface area contributed by atoms with Gasteiger partial charge in [0, 0.05) is 32.0 Å². The fourth-order valence-electron chi connectivity index (χ4n) is 13.7. The van der Waals surface area contributed by atoms with E-state index in [1.165, 1.54) is 165 Å². The Balaban J connectivity index is 0.000000156. The lowest BCUT2D eigenvalue weighted by atomic mass is 9.84. The second kappa shape index (κ2) is 35.4. The molecule has 11 aromatic rings. The van der Waals surface area contributed by atoms with Crippen molar-refractivity contribution < 1.29 is 44.1 Å². The molecule has 14 rings (SSSR count). The average Bonchev–Trinajstić information content (AvgIpc) is 1.69. The zero-order valence-corrected chi connectivity index (χ0v) is 57.8. The van der Waals surface area contributed by atoms with Gasteiger partial charge in [0.1, 0.15) is 48.3 Å². The standard InChI is InChI=1S/C27H27N5O5.C27H29N5O3.C24H29N5O2.CH4/c33-24(34)16-31-17-28-25-26(31)29-23(30-27(25)37-22-8-4-7-21(15-22)32(35)36)14-11-18-9-12-20(13-10-18)19-5-2-1-3-6-19;1-18-7-13-22(14-8-18)35-26-24-25(32(17-29-24)16-23(33)34)30-27(31-26)28-15-19-9-11-21(12-10-19)20-5-3-2-4-6-20;1-2-14-25-23-22-24(29(16-26-22)15-21(30)31)28-20(27-23)13-10-17-8-11-19(12-9-17)18-6-4-3-5-7-18;/h4,7-10,12-13,15,17,19H,1-3,5-6,11,14,16H2,(H,33,34);7-14,17,20H,2-6,15-16H2,1H3,(H,33,34)(H,28,30,31);2,8-9,11-12,16,18H,1,3-7,10,13-15H2,(H,30,31)(H,25,27,28);1H4. The van der Waals surface area contributed by atoms with E-state index in [2.05, 4.69) is 135 Å². The molecular formula is C79H89N15O10. The first-order valence-electron chi connectivity index (χ1n) is 35.5. The molecule has 0 unspecified atom stereocenters. The number of rotatable bonds is 26. The van der Waals surface area contributed by atoms with Gasteiger partial charge in [-0.25, -0.2) is 29.9 Å². The molecule has 3 aliphatic rings. The number of aryl methyl sites for hydroxylation is 5. The van der Waals surface area contributed by atoms with E-state index in [-0.39, 0.29) is 55.8 Å². The molecule has 3 saturated carbocycles. The highest BCUT2D eigenvalue weighted by atomic mass is 16.6. The highest BCUT2D eigenvalue weighted by molar-refractivity contribution is 5.84. The molecule has 3 aliphatic carbocycles. The number of non-ortho nitro benzene ring substituents is 1. The Morgan fingerprint density at radius 3 is 1.42 bits per heavy atom. The molecular weight excluding hydrogens is 1320 g/mol. The first kappa shape index (κ1) is 73.7. The van der Waals surface area contributed by atoms with Gasteiger partial charge < -0.3 is 49.1 Å². The molecule has 0 spiro atoms. The Labute approximate surface area is 603 Å². The zero-order chi connectivity index (χ0) is 71.6. The Hall–Kier alpha value is -11.5.